The average molecular weight is 300 g/mol. The minimum atomic E-state index is -4.43. The number of benzene rings is 1. The minimum absolute atomic E-state index is 0.0732. The molecule has 0 saturated carbocycles. The lowest BCUT2D eigenvalue weighted by Gasteiger charge is -2.25. The lowest BCUT2D eigenvalue weighted by Crippen LogP contribution is -2.46. The van der Waals surface area contributed by atoms with Crippen molar-refractivity contribution in [3.05, 3.63) is 35.9 Å². The fourth-order valence-corrected chi connectivity index (χ4v) is 2.55. The van der Waals surface area contributed by atoms with E-state index in [1.807, 2.05) is 0 Å². The lowest BCUT2D eigenvalue weighted by molar-refractivity contribution is -0.157. The van der Waals surface area contributed by atoms with Gasteiger partial charge in [-0.1, -0.05) is 30.3 Å². The molecule has 2 N–H and O–H groups in total. The molecule has 1 heterocycles. The molecular formula is C15H19F3N2O. The van der Waals surface area contributed by atoms with Crippen LogP contribution in [0.4, 0.5) is 13.2 Å². The second-order valence-electron chi connectivity index (χ2n) is 5.32. The van der Waals surface area contributed by atoms with Gasteiger partial charge in [-0.2, -0.15) is 13.2 Å². The second kappa shape index (κ2) is 6.93. The predicted octanol–water partition coefficient (Wildman–Crippen LogP) is 2.59. The zero-order chi connectivity index (χ0) is 15.3. The summed E-state index contributed by atoms with van der Waals surface area (Å²) in [5.41, 5.74) is 0.127. The van der Waals surface area contributed by atoms with Crippen LogP contribution in [0.3, 0.4) is 0 Å². The number of carbonyl (C=O) groups is 1. The Morgan fingerprint density at radius 3 is 2.62 bits per heavy atom. The van der Waals surface area contributed by atoms with Gasteiger partial charge < -0.3 is 10.6 Å². The second-order valence-corrected chi connectivity index (χ2v) is 5.32. The van der Waals surface area contributed by atoms with Gasteiger partial charge in [0.25, 0.3) is 0 Å². The number of amides is 1. The number of hydrogen-bond donors (Lipinski definition) is 2. The maximum Gasteiger partial charge on any atom is 0.396 e. The van der Waals surface area contributed by atoms with Gasteiger partial charge in [0, 0.05) is 19.0 Å². The van der Waals surface area contributed by atoms with Gasteiger partial charge in [0.1, 0.15) is 0 Å². The van der Waals surface area contributed by atoms with Crippen LogP contribution in [0.2, 0.25) is 0 Å². The van der Waals surface area contributed by atoms with Gasteiger partial charge in [-0.25, -0.2) is 0 Å². The van der Waals surface area contributed by atoms with Gasteiger partial charge in [-0.3, -0.25) is 4.79 Å². The van der Waals surface area contributed by atoms with Crippen molar-refractivity contribution in [2.75, 3.05) is 13.1 Å². The summed E-state index contributed by atoms with van der Waals surface area (Å²) in [7, 11) is 0. The molecule has 3 nitrogen and oxygen atoms in total. The summed E-state index contributed by atoms with van der Waals surface area (Å²) in [6.45, 7) is 1.51. The van der Waals surface area contributed by atoms with Crippen LogP contribution in [-0.4, -0.2) is 31.2 Å². The Balaban J connectivity index is 2.00. The number of piperidine rings is 1. The van der Waals surface area contributed by atoms with E-state index in [9.17, 15) is 18.0 Å². The van der Waals surface area contributed by atoms with Gasteiger partial charge in [-0.05, 0) is 24.9 Å². The fraction of sp³-hybridized carbons (Fsp3) is 0.533. The molecule has 1 amide bonds. The fourth-order valence-electron chi connectivity index (χ4n) is 2.55. The molecule has 6 heteroatoms. The molecule has 116 valence electrons. The Morgan fingerprint density at radius 1 is 1.33 bits per heavy atom. The van der Waals surface area contributed by atoms with Crippen LogP contribution < -0.4 is 10.6 Å². The zero-order valence-electron chi connectivity index (χ0n) is 11.6. The number of halogens is 3. The van der Waals surface area contributed by atoms with E-state index in [2.05, 4.69) is 10.6 Å². The highest BCUT2D eigenvalue weighted by Gasteiger charge is 2.42. The Morgan fingerprint density at radius 2 is 2.05 bits per heavy atom. The topological polar surface area (TPSA) is 41.1 Å². The number of carbonyl (C=O) groups excluding carboxylic acids is 1. The Labute approximate surface area is 121 Å². The highest BCUT2D eigenvalue weighted by atomic mass is 19.4. The normalized spacial score (nSPS) is 20.8. The molecule has 0 aliphatic carbocycles. The van der Waals surface area contributed by atoms with Gasteiger partial charge >= 0.3 is 6.18 Å². The summed E-state index contributed by atoms with van der Waals surface area (Å²) in [5, 5.41) is 5.81. The van der Waals surface area contributed by atoms with Crippen molar-refractivity contribution in [1.29, 1.82) is 0 Å². The lowest BCUT2D eigenvalue weighted by atomic mass is 9.94. The summed E-state index contributed by atoms with van der Waals surface area (Å²) >= 11 is 0. The molecular weight excluding hydrogens is 281 g/mol. The summed E-state index contributed by atoms with van der Waals surface area (Å²) in [5.74, 6) is -2.30. The Bertz CT molecular complexity index is 456. The van der Waals surface area contributed by atoms with E-state index in [1.54, 1.807) is 18.2 Å². The smallest absolute Gasteiger partial charge is 0.352 e. The third kappa shape index (κ3) is 4.74. The Hall–Kier alpha value is -1.56. The molecule has 1 unspecified atom stereocenters. The molecule has 1 aliphatic heterocycles. The molecule has 0 bridgehead atoms. The molecule has 1 aliphatic rings. The van der Waals surface area contributed by atoms with Gasteiger partial charge in [0.05, 0.1) is 5.92 Å². The van der Waals surface area contributed by atoms with Crippen molar-refractivity contribution in [1.82, 2.24) is 10.6 Å². The van der Waals surface area contributed by atoms with Crippen molar-refractivity contribution in [2.24, 2.45) is 0 Å². The molecule has 0 radical (unpaired) electrons. The van der Waals surface area contributed by atoms with Crippen LogP contribution in [0.5, 0.6) is 0 Å². The van der Waals surface area contributed by atoms with Crippen LogP contribution in [0.15, 0.2) is 30.3 Å². The summed E-state index contributed by atoms with van der Waals surface area (Å²) in [6.07, 6.45) is -3.26. The third-order valence-corrected chi connectivity index (χ3v) is 3.65. The zero-order valence-corrected chi connectivity index (χ0v) is 11.6. The molecule has 2 atom stereocenters. The molecule has 1 fully saturated rings. The molecule has 21 heavy (non-hydrogen) atoms. The van der Waals surface area contributed by atoms with Crippen molar-refractivity contribution < 1.29 is 18.0 Å². The molecule has 0 spiro atoms. The van der Waals surface area contributed by atoms with Crippen molar-refractivity contribution in [3.8, 4) is 0 Å². The molecule has 1 aromatic carbocycles. The van der Waals surface area contributed by atoms with Crippen molar-refractivity contribution in [2.45, 2.75) is 37.4 Å². The van der Waals surface area contributed by atoms with E-state index in [4.69, 9.17) is 0 Å². The summed E-state index contributed by atoms with van der Waals surface area (Å²) < 4.78 is 39.5. The summed E-state index contributed by atoms with van der Waals surface area (Å²) in [4.78, 5) is 11.9. The van der Waals surface area contributed by atoms with Crippen LogP contribution in [0.1, 0.15) is 30.7 Å². The van der Waals surface area contributed by atoms with Crippen LogP contribution in [0, 0.1) is 0 Å². The van der Waals surface area contributed by atoms with Crippen molar-refractivity contribution >= 4 is 5.91 Å². The van der Waals surface area contributed by atoms with Crippen LogP contribution >= 0.6 is 0 Å². The predicted molar refractivity (Wildman–Crippen MR) is 73.9 cm³/mol. The number of alkyl halides is 3. The number of nitrogens with one attached hydrogen (secondary N) is 2. The van der Waals surface area contributed by atoms with E-state index < -0.39 is 24.4 Å². The van der Waals surface area contributed by atoms with Gasteiger partial charge in [-0.15, -0.1) is 0 Å². The molecule has 1 saturated heterocycles. The van der Waals surface area contributed by atoms with Crippen molar-refractivity contribution in [3.63, 3.8) is 0 Å². The first-order valence-corrected chi connectivity index (χ1v) is 7.08. The standard InChI is InChI=1S/C15H19F3N2O/c16-15(17,18)13(11-5-2-1-3-6-11)9-14(21)20-12-7-4-8-19-10-12/h1-3,5-6,12-13,19H,4,7-10H2,(H,20,21)/t12-,13?/m0/s1. The van der Waals surface area contributed by atoms with Crippen LogP contribution in [-0.2, 0) is 4.79 Å². The monoisotopic (exact) mass is 300 g/mol. The van der Waals surface area contributed by atoms with Gasteiger partial charge in [0.15, 0.2) is 0 Å². The number of rotatable bonds is 4. The minimum Gasteiger partial charge on any atom is -0.352 e. The Kier molecular flexibility index (Phi) is 5.22. The average Bonchev–Trinajstić information content (AvgIpc) is 2.45. The SMILES string of the molecule is O=C(CC(c1ccccc1)C(F)(F)F)N[C@H]1CCCNC1. The highest BCUT2D eigenvalue weighted by Crippen LogP contribution is 2.37. The van der Waals surface area contributed by atoms with E-state index >= 15 is 0 Å². The quantitative estimate of drug-likeness (QED) is 0.897. The van der Waals surface area contributed by atoms with Gasteiger partial charge in [0.2, 0.25) is 5.91 Å². The highest BCUT2D eigenvalue weighted by molar-refractivity contribution is 5.77. The largest absolute Gasteiger partial charge is 0.396 e. The van der Waals surface area contributed by atoms with E-state index in [1.165, 1.54) is 12.1 Å². The summed E-state index contributed by atoms with van der Waals surface area (Å²) in [6, 6.07) is 7.51. The first-order chi connectivity index (χ1) is 9.97. The maximum absolute atomic E-state index is 13.2. The maximum atomic E-state index is 13.2. The van der Waals surface area contributed by atoms with E-state index in [0.717, 1.165) is 19.4 Å². The molecule has 0 aromatic heterocycles. The van der Waals surface area contributed by atoms with Crippen LogP contribution in [0.25, 0.3) is 0 Å². The first-order valence-electron chi connectivity index (χ1n) is 7.08. The van der Waals surface area contributed by atoms with E-state index in [0.29, 0.717) is 6.54 Å². The number of hydrogen-bond acceptors (Lipinski definition) is 2. The molecule has 2 rings (SSSR count). The first kappa shape index (κ1) is 15.8. The van der Waals surface area contributed by atoms with E-state index in [-0.39, 0.29) is 11.6 Å². The third-order valence-electron chi connectivity index (χ3n) is 3.65. The molecule has 1 aromatic rings.